The van der Waals surface area contributed by atoms with Crippen LogP contribution >= 0.6 is 0 Å². The molecule has 8 heteroatoms. The molecule has 0 aliphatic heterocycles. The zero-order valence-electron chi connectivity index (χ0n) is 11.7. The summed E-state index contributed by atoms with van der Waals surface area (Å²) in [6, 6.07) is 0.869. The Kier molecular flexibility index (Phi) is 5.43. The van der Waals surface area contributed by atoms with Crippen LogP contribution in [0, 0.1) is 11.6 Å². The first-order valence-electron chi connectivity index (χ1n) is 6.05. The lowest BCUT2D eigenvalue weighted by atomic mass is 10.2. The Hall–Kier alpha value is -1.25. The van der Waals surface area contributed by atoms with Crippen molar-refractivity contribution >= 4 is 15.7 Å². The molecule has 1 aromatic carbocycles. The molecule has 1 atom stereocenters. The maximum absolute atomic E-state index is 13.6. The number of halogens is 2. The molecule has 3 N–H and O–H groups in total. The summed E-state index contributed by atoms with van der Waals surface area (Å²) in [5.41, 5.74) is 4.87. The van der Waals surface area contributed by atoms with Crippen LogP contribution in [0.4, 0.5) is 14.5 Å². The van der Waals surface area contributed by atoms with E-state index in [0.29, 0.717) is 19.0 Å². The van der Waals surface area contributed by atoms with Crippen molar-refractivity contribution in [3.8, 4) is 0 Å². The standard InChI is InChI=1S/C12H19F2N3O2S/c1-8(4-5-17(2)3)16-20(18,19)12-7-11(15)9(13)6-10(12)14/h6-8,16H,4-5,15H2,1-3H3. The van der Waals surface area contributed by atoms with Gasteiger partial charge in [-0.05, 0) is 40.1 Å². The van der Waals surface area contributed by atoms with E-state index in [4.69, 9.17) is 5.73 Å². The molecule has 0 spiro atoms. The smallest absolute Gasteiger partial charge is 0.243 e. The van der Waals surface area contributed by atoms with Crippen LogP contribution < -0.4 is 10.5 Å². The maximum Gasteiger partial charge on any atom is 0.243 e. The predicted molar refractivity (Wildman–Crippen MR) is 73.7 cm³/mol. The summed E-state index contributed by atoms with van der Waals surface area (Å²) in [5, 5.41) is 0. The van der Waals surface area contributed by atoms with E-state index < -0.39 is 32.2 Å². The number of sulfonamides is 1. The van der Waals surface area contributed by atoms with Gasteiger partial charge in [-0.2, -0.15) is 0 Å². The van der Waals surface area contributed by atoms with Crippen LogP contribution in [0.1, 0.15) is 13.3 Å². The van der Waals surface area contributed by atoms with Gasteiger partial charge in [0.05, 0.1) is 5.69 Å². The Morgan fingerprint density at radius 3 is 2.45 bits per heavy atom. The Balaban J connectivity index is 2.92. The highest BCUT2D eigenvalue weighted by Crippen LogP contribution is 2.21. The number of nitrogen functional groups attached to an aromatic ring is 1. The van der Waals surface area contributed by atoms with Gasteiger partial charge in [0.15, 0.2) is 0 Å². The van der Waals surface area contributed by atoms with Crippen molar-refractivity contribution in [2.45, 2.75) is 24.3 Å². The van der Waals surface area contributed by atoms with Crippen molar-refractivity contribution in [2.75, 3.05) is 26.4 Å². The second-order valence-corrected chi connectivity index (χ2v) is 6.60. The largest absolute Gasteiger partial charge is 0.396 e. The molecule has 114 valence electrons. The molecular formula is C12H19F2N3O2S. The number of anilines is 1. The van der Waals surface area contributed by atoms with Gasteiger partial charge < -0.3 is 10.6 Å². The third kappa shape index (κ3) is 4.39. The molecule has 0 aliphatic carbocycles. The van der Waals surface area contributed by atoms with E-state index in [1.165, 1.54) is 0 Å². The highest BCUT2D eigenvalue weighted by Gasteiger charge is 2.23. The summed E-state index contributed by atoms with van der Waals surface area (Å²) in [7, 11) is -0.342. The molecule has 5 nitrogen and oxygen atoms in total. The highest BCUT2D eigenvalue weighted by molar-refractivity contribution is 7.89. The molecule has 0 aromatic heterocycles. The first-order chi connectivity index (χ1) is 9.13. The monoisotopic (exact) mass is 307 g/mol. The van der Waals surface area contributed by atoms with E-state index in [9.17, 15) is 17.2 Å². The van der Waals surface area contributed by atoms with Crippen molar-refractivity contribution in [1.82, 2.24) is 9.62 Å². The summed E-state index contributed by atoms with van der Waals surface area (Å²) < 4.78 is 53.0. The Labute approximate surface area is 117 Å². The molecule has 1 aromatic rings. The summed E-state index contributed by atoms with van der Waals surface area (Å²) in [6.45, 7) is 2.35. The van der Waals surface area contributed by atoms with Gasteiger partial charge in [0, 0.05) is 12.1 Å². The fourth-order valence-electron chi connectivity index (χ4n) is 1.59. The molecule has 20 heavy (non-hydrogen) atoms. The van der Waals surface area contributed by atoms with E-state index in [0.717, 1.165) is 6.07 Å². The molecule has 1 rings (SSSR count). The summed E-state index contributed by atoms with van der Waals surface area (Å²) in [6.07, 6.45) is 0.560. The van der Waals surface area contributed by atoms with Crippen molar-refractivity contribution in [1.29, 1.82) is 0 Å². The van der Waals surface area contributed by atoms with Crippen LogP contribution in [0.5, 0.6) is 0 Å². The van der Waals surface area contributed by atoms with E-state index in [-0.39, 0.29) is 6.04 Å². The second kappa shape index (κ2) is 6.47. The first kappa shape index (κ1) is 16.8. The van der Waals surface area contributed by atoms with Gasteiger partial charge in [-0.15, -0.1) is 0 Å². The van der Waals surface area contributed by atoms with Crippen LogP contribution in [0.15, 0.2) is 17.0 Å². The van der Waals surface area contributed by atoms with Gasteiger partial charge in [0.1, 0.15) is 16.5 Å². The maximum atomic E-state index is 13.6. The summed E-state index contributed by atoms with van der Waals surface area (Å²) in [4.78, 5) is 1.26. The van der Waals surface area contributed by atoms with Gasteiger partial charge in [0.25, 0.3) is 0 Å². The topological polar surface area (TPSA) is 75.4 Å². The van der Waals surface area contributed by atoms with Gasteiger partial charge in [-0.1, -0.05) is 0 Å². The normalized spacial score (nSPS) is 13.7. The number of hydrogen-bond acceptors (Lipinski definition) is 4. The zero-order valence-corrected chi connectivity index (χ0v) is 12.5. The average molecular weight is 307 g/mol. The van der Waals surface area contributed by atoms with Crippen LogP contribution in [-0.2, 0) is 10.0 Å². The van der Waals surface area contributed by atoms with E-state index in [1.807, 2.05) is 19.0 Å². The summed E-state index contributed by atoms with van der Waals surface area (Å²) >= 11 is 0. The average Bonchev–Trinajstić information content (AvgIpc) is 2.30. The Bertz CT molecular complexity index is 576. The number of nitrogens with one attached hydrogen (secondary N) is 1. The van der Waals surface area contributed by atoms with Crippen LogP contribution in [-0.4, -0.2) is 40.0 Å². The van der Waals surface area contributed by atoms with Gasteiger partial charge in [-0.3, -0.25) is 0 Å². The molecule has 0 heterocycles. The SMILES string of the molecule is CC(CCN(C)C)NS(=O)(=O)c1cc(N)c(F)cc1F. The zero-order chi connectivity index (χ0) is 15.5. The minimum atomic E-state index is -4.07. The molecule has 0 amide bonds. The molecule has 0 radical (unpaired) electrons. The highest BCUT2D eigenvalue weighted by atomic mass is 32.2. The number of hydrogen-bond donors (Lipinski definition) is 2. The third-order valence-electron chi connectivity index (χ3n) is 2.71. The fraction of sp³-hybridized carbons (Fsp3) is 0.500. The van der Waals surface area contributed by atoms with Crippen molar-refractivity contribution in [2.24, 2.45) is 0 Å². The van der Waals surface area contributed by atoms with Crippen LogP contribution in [0.3, 0.4) is 0 Å². The molecular weight excluding hydrogens is 288 g/mol. The van der Waals surface area contributed by atoms with E-state index in [2.05, 4.69) is 4.72 Å². The number of rotatable bonds is 6. The molecule has 0 bridgehead atoms. The predicted octanol–water partition coefficient (Wildman–Crippen LogP) is 1.17. The van der Waals surface area contributed by atoms with E-state index in [1.54, 1.807) is 6.92 Å². The lowest BCUT2D eigenvalue weighted by Crippen LogP contribution is -2.35. The molecule has 1 unspecified atom stereocenters. The second-order valence-electron chi connectivity index (χ2n) is 4.92. The molecule has 0 fully saturated rings. The molecule has 0 saturated carbocycles. The number of nitrogens with zero attached hydrogens (tertiary/aromatic N) is 1. The Morgan fingerprint density at radius 1 is 1.30 bits per heavy atom. The molecule has 0 saturated heterocycles. The fourth-order valence-corrected chi connectivity index (χ4v) is 2.96. The summed E-state index contributed by atoms with van der Waals surface area (Å²) in [5.74, 6) is -2.15. The van der Waals surface area contributed by atoms with Crippen molar-refractivity contribution in [3.63, 3.8) is 0 Å². The van der Waals surface area contributed by atoms with Crippen molar-refractivity contribution < 1.29 is 17.2 Å². The number of benzene rings is 1. The van der Waals surface area contributed by atoms with Crippen molar-refractivity contribution in [3.05, 3.63) is 23.8 Å². The number of nitrogens with two attached hydrogens (primary N) is 1. The first-order valence-corrected chi connectivity index (χ1v) is 7.53. The van der Waals surface area contributed by atoms with E-state index >= 15 is 0 Å². The van der Waals surface area contributed by atoms with Gasteiger partial charge >= 0.3 is 0 Å². The van der Waals surface area contributed by atoms with Gasteiger partial charge in [-0.25, -0.2) is 21.9 Å². The quantitative estimate of drug-likeness (QED) is 0.774. The van der Waals surface area contributed by atoms with Gasteiger partial charge in [0.2, 0.25) is 10.0 Å². The minimum absolute atomic E-state index is 0.381. The lowest BCUT2D eigenvalue weighted by molar-refractivity contribution is 0.378. The Morgan fingerprint density at radius 2 is 1.90 bits per heavy atom. The molecule has 0 aliphatic rings. The lowest BCUT2D eigenvalue weighted by Gasteiger charge is -2.17. The van der Waals surface area contributed by atoms with Crippen LogP contribution in [0.2, 0.25) is 0 Å². The third-order valence-corrected chi connectivity index (χ3v) is 4.31. The minimum Gasteiger partial charge on any atom is -0.396 e. The van der Waals surface area contributed by atoms with Crippen LogP contribution in [0.25, 0.3) is 0 Å².